The molecule has 0 atom stereocenters. The number of hydrogen-bond donors (Lipinski definition) is 1. The second-order valence-corrected chi connectivity index (χ2v) is 5.03. The van der Waals surface area contributed by atoms with Crippen molar-refractivity contribution in [3.8, 4) is 0 Å². The van der Waals surface area contributed by atoms with Crippen molar-refractivity contribution >= 4 is 27.4 Å². The molecule has 0 aliphatic carbocycles. The Morgan fingerprint density at radius 1 is 1.24 bits per heavy atom. The lowest BCUT2D eigenvalue weighted by Gasteiger charge is -2.06. The summed E-state index contributed by atoms with van der Waals surface area (Å²) >= 11 is 5.55. The Balaban J connectivity index is 2.30. The first-order valence-corrected chi connectivity index (χ1v) is 6.35. The van der Waals surface area contributed by atoms with Gasteiger partial charge in [0.25, 0.3) is 10.0 Å². The average Bonchev–Trinajstić information content (AvgIpc) is 2.29. The number of pyridine rings is 1. The van der Waals surface area contributed by atoms with Crippen LogP contribution < -0.4 is 4.72 Å². The Morgan fingerprint density at radius 3 is 2.71 bits per heavy atom. The van der Waals surface area contributed by atoms with E-state index in [0.29, 0.717) is 0 Å². The highest BCUT2D eigenvalue weighted by molar-refractivity contribution is 7.92. The van der Waals surface area contributed by atoms with Crippen LogP contribution in [0.1, 0.15) is 0 Å². The second-order valence-electron chi connectivity index (χ2n) is 3.01. The monoisotopic (exact) mass is 270 g/mol. The summed E-state index contributed by atoms with van der Waals surface area (Å²) in [5.41, 5.74) is 0. The smallest absolute Gasteiger partial charge is 0.263 e. The van der Waals surface area contributed by atoms with E-state index < -0.39 is 10.0 Å². The predicted octanol–water partition coefficient (Wildman–Crippen LogP) is 1.33. The molecule has 0 aliphatic heterocycles. The fourth-order valence-corrected chi connectivity index (χ4v) is 2.21. The maximum atomic E-state index is 11.9. The molecule has 0 radical (unpaired) electrons. The summed E-state index contributed by atoms with van der Waals surface area (Å²) in [6.45, 7) is 0. The van der Waals surface area contributed by atoms with E-state index in [4.69, 9.17) is 11.6 Å². The lowest BCUT2D eigenvalue weighted by atomic mass is 10.5. The molecule has 2 rings (SSSR count). The van der Waals surface area contributed by atoms with Gasteiger partial charge in [0.1, 0.15) is 10.7 Å². The number of anilines is 1. The van der Waals surface area contributed by atoms with Crippen LogP contribution in [0.4, 0.5) is 5.82 Å². The summed E-state index contributed by atoms with van der Waals surface area (Å²) in [6.07, 6.45) is 4.09. The number of sulfonamides is 1. The van der Waals surface area contributed by atoms with Gasteiger partial charge in [0, 0.05) is 18.6 Å². The maximum Gasteiger partial charge on any atom is 0.264 e. The van der Waals surface area contributed by atoms with Gasteiger partial charge in [-0.1, -0.05) is 0 Å². The Hall–Kier alpha value is -1.73. The largest absolute Gasteiger partial charge is 0.264 e. The van der Waals surface area contributed by atoms with E-state index in [1.54, 1.807) is 0 Å². The molecule has 0 bridgehead atoms. The molecule has 0 aromatic carbocycles. The highest BCUT2D eigenvalue weighted by atomic mass is 35.5. The number of rotatable bonds is 3. The van der Waals surface area contributed by atoms with E-state index in [0.717, 1.165) is 0 Å². The molecule has 1 N–H and O–H groups in total. The third-order valence-corrected chi connectivity index (χ3v) is 3.33. The SMILES string of the molecule is O=S(=O)(Nc1ccnc(Cl)n1)c1cccnc1. The number of nitrogens with zero attached hydrogens (tertiary/aromatic N) is 3. The first-order valence-electron chi connectivity index (χ1n) is 4.49. The molecule has 2 heterocycles. The van der Waals surface area contributed by atoms with Crippen LogP contribution in [-0.4, -0.2) is 23.4 Å². The first kappa shape index (κ1) is 11.7. The molecule has 0 unspecified atom stereocenters. The zero-order valence-corrected chi connectivity index (χ0v) is 9.98. The van der Waals surface area contributed by atoms with Crippen molar-refractivity contribution in [2.24, 2.45) is 0 Å². The average molecular weight is 271 g/mol. The minimum Gasteiger partial charge on any atom is -0.263 e. The van der Waals surface area contributed by atoms with Gasteiger partial charge in [-0.2, -0.15) is 4.98 Å². The normalized spacial score (nSPS) is 11.1. The molecule has 0 spiro atoms. The van der Waals surface area contributed by atoms with Crippen molar-refractivity contribution < 1.29 is 8.42 Å². The Bertz CT molecular complexity index is 618. The number of aromatic nitrogens is 3. The topological polar surface area (TPSA) is 84.8 Å². The van der Waals surface area contributed by atoms with E-state index in [1.807, 2.05) is 0 Å². The summed E-state index contributed by atoms with van der Waals surface area (Å²) in [4.78, 5) is 11.2. The summed E-state index contributed by atoms with van der Waals surface area (Å²) in [7, 11) is -3.69. The highest BCUT2D eigenvalue weighted by Crippen LogP contribution is 2.13. The molecule has 88 valence electrons. The first-order chi connectivity index (χ1) is 8.08. The minimum absolute atomic E-state index is 0.0311. The van der Waals surface area contributed by atoms with Gasteiger partial charge in [0.05, 0.1) is 0 Å². The summed E-state index contributed by atoms with van der Waals surface area (Å²) in [5.74, 6) is 0.105. The highest BCUT2D eigenvalue weighted by Gasteiger charge is 2.14. The molecule has 0 aliphatic rings. The molecule has 2 aromatic rings. The van der Waals surface area contributed by atoms with E-state index in [1.165, 1.54) is 36.8 Å². The number of hydrogen-bond acceptors (Lipinski definition) is 5. The van der Waals surface area contributed by atoms with Crippen LogP contribution in [-0.2, 0) is 10.0 Å². The summed E-state index contributed by atoms with van der Waals surface area (Å²) in [5, 5.41) is -0.0311. The van der Waals surface area contributed by atoms with Crippen molar-refractivity contribution in [3.63, 3.8) is 0 Å². The minimum atomic E-state index is -3.69. The number of nitrogens with one attached hydrogen (secondary N) is 1. The summed E-state index contributed by atoms with van der Waals surface area (Å²) < 4.78 is 26.0. The number of halogens is 1. The van der Waals surface area contributed by atoms with Crippen LogP contribution in [0.5, 0.6) is 0 Å². The molecule has 0 saturated heterocycles. The maximum absolute atomic E-state index is 11.9. The third-order valence-electron chi connectivity index (χ3n) is 1.81. The zero-order chi connectivity index (χ0) is 12.3. The van der Waals surface area contributed by atoms with E-state index in [2.05, 4.69) is 19.7 Å². The molecule has 8 heteroatoms. The van der Waals surface area contributed by atoms with Gasteiger partial charge in [-0.05, 0) is 29.8 Å². The van der Waals surface area contributed by atoms with Gasteiger partial charge < -0.3 is 0 Å². The molecular weight excluding hydrogens is 264 g/mol. The molecule has 17 heavy (non-hydrogen) atoms. The molecule has 2 aromatic heterocycles. The van der Waals surface area contributed by atoms with Crippen LogP contribution in [0.15, 0.2) is 41.7 Å². The van der Waals surface area contributed by atoms with Gasteiger partial charge in [-0.25, -0.2) is 13.4 Å². The zero-order valence-electron chi connectivity index (χ0n) is 8.41. The lowest BCUT2D eigenvalue weighted by molar-refractivity contribution is 0.600. The van der Waals surface area contributed by atoms with E-state index in [-0.39, 0.29) is 16.0 Å². The predicted molar refractivity (Wildman–Crippen MR) is 62.1 cm³/mol. The van der Waals surface area contributed by atoms with Crippen LogP contribution in [0.2, 0.25) is 5.28 Å². The van der Waals surface area contributed by atoms with Gasteiger partial charge in [0.15, 0.2) is 0 Å². The van der Waals surface area contributed by atoms with Crippen molar-refractivity contribution in [3.05, 3.63) is 42.1 Å². The van der Waals surface area contributed by atoms with Crippen molar-refractivity contribution in [2.75, 3.05) is 4.72 Å². The molecule has 0 amide bonds. The lowest BCUT2D eigenvalue weighted by Crippen LogP contribution is -2.14. The standard InChI is InChI=1S/C9H7ClN4O2S/c10-9-12-5-3-8(13-9)14-17(15,16)7-2-1-4-11-6-7/h1-6H,(H,12,13,14). The molecule has 0 fully saturated rings. The van der Waals surface area contributed by atoms with Gasteiger partial charge >= 0.3 is 0 Å². The van der Waals surface area contributed by atoms with Gasteiger partial charge in [-0.3, -0.25) is 9.71 Å². The fraction of sp³-hybridized carbons (Fsp3) is 0. The van der Waals surface area contributed by atoms with Crippen LogP contribution in [0.25, 0.3) is 0 Å². The van der Waals surface area contributed by atoms with Gasteiger partial charge in [-0.15, -0.1) is 0 Å². The molecule has 6 nitrogen and oxygen atoms in total. The summed E-state index contributed by atoms with van der Waals surface area (Å²) in [6, 6.07) is 4.36. The Labute approximate surface area is 103 Å². The molecule has 0 saturated carbocycles. The van der Waals surface area contributed by atoms with Gasteiger partial charge in [0.2, 0.25) is 5.28 Å². The van der Waals surface area contributed by atoms with Crippen LogP contribution in [0.3, 0.4) is 0 Å². The van der Waals surface area contributed by atoms with Crippen LogP contribution >= 0.6 is 11.6 Å². The van der Waals surface area contributed by atoms with Crippen molar-refractivity contribution in [1.82, 2.24) is 15.0 Å². The van der Waals surface area contributed by atoms with E-state index in [9.17, 15) is 8.42 Å². The third kappa shape index (κ3) is 2.89. The van der Waals surface area contributed by atoms with Crippen LogP contribution in [0, 0.1) is 0 Å². The van der Waals surface area contributed by atoms with Crippen molar-refractivity contribution in [1.29, 1.82) is 0 Å². The second kappa shape index (κ2) is 4.64. The Kier molecular flexibility index (Phi) is 3.21. The molecular formula is C9H7ClN4O2S. The Morgan fingerprint density at radius 2 is 2.06 bits per heavy atom. The fourth-order valence-electron chi connectivity index (χ4n) is 1.09. The van der Waals surface area contributed by atoms with E-state index >= 15 is 0 Å². The van der Waals surface area contributed by atoms with Crippen molar-refractivity contribution in [2.45, 2.75) is 4.90 Å². The quantitative estimate of drug-likeness (QED) is 0.851.